The van der Waals surface area contributed by atoms with E-state index in [0.717, 1.165) is 48.3 Å². The fraction of sp³-hybridized carbons (Fsp3) is 0.269. The lowest BCUT2D eigenvalue weighted by atomic mass is 9.81. The number of para-hydroxylation sites is 1. The van der Waals surface area contributed by atoms with Crippen molar-refractivity contribution in [2.75, 3.05) is 0 Å². The number of aryl methyl sites for hydroxylation is 1. The van der Waals surface area contributed by atoms with Gasteiger partial charge in [0.2, 0.25) is 0 Å². The second-order valence-electron chi connectivity index (χ2n) is 9.09. The van der Waals surface area contributed by atoms with Crippen molar-refractivity contribution in [3.63, 3.8) is 0 Å². The number of carbonyl (C=O) groups excluding carboxylic acids is 1. The molecular formula is C26H22F3N5O. The Bertz CT molecular complexity index is 1420. The maximum Gasteiger partial charge on any atom is 0.256 e. The summed E-state index contributed by atoms with van der Waals surface area (Å²) in [6.07, 6.45) is 8.14. The van der Waals surface area contributed by atoms with Crippen LogP contribution in [-0.4, -0.2) is 36.2 Å². The number of fused-ring (bicyclic) bond motifs is 4. The van der Waals surface area contributed by atoms with Gasteiger partial charge in [0.15, 0.2) is 17.5 Å². The molecule has 2 aromatic carbocycles. The fourth-order valence-corrected chi connectivity index (χ4v) is 5.62. The van der Waals surface area contributed by atoms with Crippen molar-refractivity contribution in [3.05, 3.63) is 89.4 Å². The molecule has 0 spiro atoms. The van der Waals surface area contributed by atoms with Gasteiger partial charge in [-0.05, 0) is 49.9 Å². The summed E-state index contributed by atoms with van der Waals surface area (Å²) in [5.74, 6) is -4.05. The van der Waals surface area contributed by atoms with Crippen molar-refractivity contribution in [3.8, 4) is 16.9 Å². The molecule has 2 aliphatic rings. The van der Waals surface area contributed by atoms with Crippen LogP contribution in [0.3, 0.4) is 0 Å². The zero-order valence-electron chi connectivity index (χ0n) is 19.0. The van der Waals surface area contributed by atoms with Gasteiger partial charge in [0.1, 0.15) is 0 Å². The molecule has 1 amide bonds. The van der Waals surface area contributed by atoms with E-state index in [-0.39, 0.29) is 23.6 Å². The van der Waals surface area contributed by atoms with Crippen LogP contribution in [0.4, 0.5) is 13.2 Å². The number of aromatic nitrogens is 4. The van der Waals surface area contributed by atoms with Crippen molar-refractivity contribution in [1.82, 2.24) is 24.2 Å². The van der Waals surface area contributed by atoms with Crippen LogP contribution < -0.4 is 0 Å². The highest BCUT2D eigenvalue weighted by Gasteiger charge is 2.44. The quantitative estimate of drug-likeness (QED) is 0.391. The molecule has 0 aliphatic carbocycles. The summed E-state index contributed by atoms with van der Waals surface area (Å²) < 4.78 is 45.1. The molecule has 0 saturated carbocycles. The first kappa shape index (κ1) is 21.6. The number of halogens is 3. The summed E-state index contributed by atoms with van der Waals surface area (Å²) in [6.45, 7) is 0. The van der Waals surface area contributed by atoms with Gasteiger partial charge in [-0.3, -0.25) is 9.48 Å². The molecule has 35 heavy (non-hydrogen) atoms. The lowest BCUT2D eigenvalue weighted by Gasteiger charge is -2.45. The number of hydrogen-bond donors (Lipinski definition) is 0. The van der Waals surface area contributed by atoms with Crippen LogP contribution >= 0.6 is 0 Å². The van der Waals surface area contributed by atoms with Crippen LogP contribution in [0.2, 0.25) is 0 Å². The van der Waals surface area contributed by atoms with E-state index in [2.05, 4.69) is 4.98 Å². The van der Waals surface area contributed by atoms with Crippen LogP contribution in [-0.2, 0) is 13.5 Å². The molecule has 178 valence electrons. The van der Waals surface area contributed by atoms with Gasteiger partial charge in [-0.2, -0.15) is 5.10 Å². The summed E-state index contributed by atoms with van der Waals surface area (Å²) in [4.78, 5) is 20.0. The first-order chi connectivity index (χ1) is 16.9. The van der Waals surface area contributed by atoms with Gasteiger partial charge in [0.25, 0.3) is 5.91 Å². The highest BCUT2D eigenvalue weighted by Crippen LogP contribution is 2.45. The Morgan fingerprint density at radius 3 is 2.60 bits per heavy atom. The maximum absolute atomic E-state index is 14.0. The van der Waals surface area contributed by atoms with Gasteiger partial charge < -0.3 is 9.47 Å². The number of benzene rings is 2. The maximum atomic E-state index is 14.0. The number of rotatable bonds is 3. The zero-order chi connectivity index (χ0) is 24.3. The van der Waals surface area contributed by atoms with Crippen molar-refractivity contribution < 1.29 is 18.0 Å². The van der Waals surface area contributed by atoms with Crippen LogP contribution in [0.5, 0.6) is 0 Å². The average molecular weight is 477 g/mol. The van der Waals surface area contributed by atoms with E-state index in [0.29, 0.717) is 17.7 Å². The van der Waals surface area contributed by atoms with E-state index >= 15 is 0 Å². The summed E-state index contributed by atoms with van der Waals surface area (Å²) in [7, 11) is 1.71. The highest BCUT2D eigenvalue weighted by atomic mass is 19.2. The molecule has 1 saturated heterocycles. The van der Waals surface area contributed by atoms with E-state index in [1.165, 1.54) is 0 Å². The topological polar surface area (TPSA) is 56.0 Å². The largest absolute Gasteiger partial charge is 0.327 e. The molecule has 6 nitrogen and oxygen atoms in total. The Hall–Kier alpha value is -3.88. The summed E-state index contributed by atoms with van der Waals surface area (Å²) in [5.41, 5.74) is 3.71. The molecule has 2 aliphatic heterocycles. The Labute approximate surface area is 199 Å². The third-order valence-corrected chi connectivity index (χ3v) is 7.08. The average Bonchev–Trinajstić information content (AvgIpc) is 3.49. The van der Waals surface area contributed by atoms with Gasteiger partial charge >= 0.3 is 0 Å². The number of nitrogens with zero attached hydrogens (tertiary/aromatic N) is 5. The van der Waals surface area contributed by atoms with Crippen LogP contribution in [0, 0.1) is 17.5 Å². The van der Waals surface area contributed by atoms with E-state index in [4.69, 9.17) is 5.10 Å². The van der Waals surface area contributed by atoms with Crippen LogP contribution in [0.25, 0.3) is 16.9 Å². The number of carbonyl (C=O) groups is 1. The molecule has 0 unspecified atom stereocenters. The van der Waals surface area contributed by atoms with Gasteiger partial charge in [0.05, 0.1) is 35.0 Å². The van der Waals surface area contributed by atoms with Crippen molar-refractivity contribution in [2.24, 2.45) is 7.05 Å². The monoisotopic (exact) mass is 477 g/mol. The van der Waals surface area contributed by atoms with Crippen LogP contribution in [0.15, 0.2) is 55.1 Å². The predicted molar refractivity (Wildman–Crippen MR) is 122 cm³/mol. The number of imidazole rings is 1. The number of amides is 1. The summed E-state index contributed by atoms with van der Waals surface area (Å²) >= 11 is 0. The van der Waals surface area contributed by atoms with Crippen LogP contribution in [0.1, 0.15) is 46.9 Å². The fourth-order valence-electron chi connectivity index (χ4n) is 5.62. The molecule has 6 rings (SSSR count). The Balaban J connectivity index is 1.44. The number of hydrogen-bond acceptors (Lipinski definition) is 3. The lowest BCUT2D eigenvalue weighted by Crippen LogP contribution is -2.50. The standard InChI is InChI=1S/C26H22F3N5O/c1-32-25(15-11-19(27)23(29)20(28)12-15)18-13-16-5-4-8-22(24(18)31-32)34(16)26(35)17-6-2-3-7-21(17)33-10-9-30-14-33/h2-3,6-7,9-12,14,16,22H,4-5,8,13H2,1H3/t16-,22+/m0/s1. The minimum atomic E-state index is -1.49. The molecular weight excluding hydrogens is 455 g/mol. The van der Waals surface area contributed by atoms with Gasteiger partial charge in [-0.15, -0.1) is 0 Å². The highest BCUT2D eigenvalue weighted by molar-refractivity contribution is 5.98. The third-order valence-electron chi connectivity index (χ3n) is 7.08. The minimum Gasteiger partial charge on any atom is -0.327 e. The molecule has 4 heterocycles. The minimum absolute atomic E-state index is 0.0808. The van der Waals surface area contributed by atoms with E-state index < -0.39 is 17.5 Å². The molecule has 1 fully saturated rings. The first-order valence-electron chi connectivity index (χ1n) is 11.5. The van der Waals surface area contributed by atoms with Crippen molar-refractivity contribution in [2.45, 2.75) is 37.8 Å². The molecule has 2 atom stereocenters. The SMILES string of the molecule is Cn1nc2c(c1-c1cc(F)c(F)c(F)c1)C[C@@H]1CCC[C@H]2N1C(=O)c1ccccc1-n1ccnc1. The Morgan fingerprint density at radius 1 is 1.09 bits per heavy atom. The van der Waals surface area contributed by atoms with E-state index in [1.54, 1.807) is 30.5 Å². The lowest BCUT2D eigenvalue weighted by molar-refractivity contribution is 0.0392. The van der Waals surface area contributed by atoms with E-state index in [1.807, 2.05) is 33.7 Å². The zero-order valence-corrected chi connectivity index (χ0v) is 19.0. The predicted octanol–water partition coefficient (Wildman–Crippen LogP) is 4.98. The van der Waals surface area contributed by atoms with Gasteiger partial charge in [0, 0.05) is 36.6 Å². The summed E-state index contributed by atoms with van der Waals surface area (Å²) in [6, 6.07) is 9.10. The van der Waals surface area contributed by atoms with Gasteiger partial charge in [-0.1, -0.05) is 12.1 Å². The van der Waals surface area contributed by atoms with Gasteiger partial charge in [-0.25, -0.2) is 18.2 Å². The third kappa shape index (κ3) is 3.37. The smallest absolute Gasteiger partial charge is 0.256 e. The van der Waals surface area contributed by atoms with Crippen molar-refractivity contribution >= 4 is 5.91 Å². The summed E-state index contributed by atoms with van der Waals surface area (Å²) in [5, 5.41) is 4.70. The Morgan fingerprint density at radius 2 is 1.86 bits per heavy atom. The van der Waals surface area contributed by atoms with Crippen molar-refractivity contribution in [1.29, 1.82) is 0 Å². The molecule has 2 bridgehead atoms. The Kier molecular flexibility index (Phi) is 5.01. The molecule has 0 N–H and O–H groups in total. The molecule has 4 aromatic rings. The van der Waals surface area contributed by atoms with E-state index in [9.17, 15) is 18.0 Å². The second kappa shape index (κ2) is 8.11. The first-order valence-corrected chi connectivity index (χ1v) is 11.5. The second-order valence-corrected chi connectivity index (χ2v) is 9.09. The molecule has 0 radical (unpaired) electrons. The number of piperidine rings is 1. The normalized spacial score (nSPS) is 19.0. The molecule has 9 heteroatoms. The molecule has 2 aromatic heterocycles.